The van der Waals surface area contributed by atoms with Crippen molar-refractivity contribution in [3.8, 4) is 0 Å². The minimum Gasteiger partial charge on any atom is -0.382 e. The molecule has 0 radical (unpaired) electrons. The molecule has 0 aromatic carbocycles. The second-order valence-electron chi connectivity index (χ2n) is 5.32. The molecule has 0 saturated carbocycles. The number of alkyl halides is 3. The van der Waals surface area contributed by atoms with Crippen LogP contribution < -0.4 is 5.73 Å². The lowest BCUT2D eigenvalue weighted by Crippen LogP contribution is -2.58. The zero-order valence-corrected chi connectivity index (χ0v) is 12.4. The van der Waals surface area contributed by atoms with Crippen LogP contribution in [-0.2, 0) is 15.7 Å². The first kappa shape index (κ1) is 17.2. The number of carbonyl (C=O) groups is 2. The first-order valence-electron chi connectivity index (χ1n) is 6.86. The predicted molar refractivity (Wildman–Crippen MR) is 73.3 cm³/mol. The molecule has 2 N–H and O–H groups in total. The maximum absolute atomic E-state index is 12.5. The Balaban J connectivity index is 2.30. The molecule has 1 aliphatic rings. The van der Waals surface area contributed by atoms with Gasteiger partial charge in [-0.1, -0.05) is 0 Å². The zero-order valence-electron chi connectivity index (χ0n) is 12.4. The molecule has 2 heterocycles. The summed E-state index contributed by atoms with van der Waals surface area (Å²) in [5.74, 6) is -1.30. The van der Waals surface area contributed by atoms with Crippen molar-refractivity contribution in [2.75, 3.05) is 20.3 Å². The van der Waals surface area contributed by atoms with Crippen LogP contribution in [0.1, 0.15) is 28.9 Å². The lowest BCUT2D eigenvalue weighted by Gasteiger charge is -2.35. The van der Waals surface area contributed by atoms with Gasteiger partial charge in [-0.2, -0.15) is 13.2 Å². The lowest BCUT2D eigenvalue weighted by molar-refractivity contribution is -0.141. The van der Waals surface area contributed by atoms with E-state index >= 15 is 0 Å². The summed E-state index contributed by atoms with van der Waals surface area (Å²) in [7, 11) is 1.38. The van der Waals surface area contributed by atoms with E-state index in [0.717, 1.165) is 18.3 Å². The highest BCUT2D eigenvalue weighted by molar-refractivity contribution is 5.99. The number of pyridine rings is 1. The Hall–Kier alpha value is -2.16. The molecule has 2 rings (SSSR count). The van der Waals surface area contributed by atoms with E-state index in [1.54, 1.807) is 0 Å². The summed E-state index contributed by atoms with van der Waals surface area (Å²) < 4.78 is 42.6. The molecular weight excluding hydrogens is 315 g/mol. The molecule has 1 atom stereocenters. The normalized spacial score (nSPS) is 21.5. The van der Waals surface area contributed by atoms with Crippen LogP contribution in [0.15, 0.2) is 18.3 Å². The van der Waals surface area contributed by atoms with Gasteiger partial charge in [-0.15, -0.1) is 0 Å². The highest BCUT2D eigenvalue weighted by Gasteiger charge is 2.49. The van der Waals surface area contributed by atoms with Crippen LogP contribution >= 0.6 is 0 Å². The Bertz CT molecular complexity index is 604. The molecule has 1 aliphatic heterocycles. The maximum Gasteiger partial charge on any atom is 0.433 e. The fourth-order valence-corrected chi connectivity index (χ4v) is 2.73. The predicted octanol–water partition coefficient (Wildman–Crippen LogP) is 1.21. The Labute approximate surface area is 130 Å². The van der Waals surface area contributed by atoms with Crippen LogP contribution in [-0.4, -0.2) is 47.5 Å². The van der Waals surface area contributed by atoms with Crippen LogP contribution in [0, 0.1) is 0 Å². The van der Waals surface area contributed by atoms with Crippen molar-refractivity contribution in [1.29, 1.82) is 0 Å². The zero-order chi connectivity index (χ0) is 17.3. The van der Waals surface area contributed by atoms with Gasteiger partial charge in [-0.3, -0.25) is 14.6 Å². The summed E-state index contributed by atoms with van der Waals surface area (Å²) in [6, 6.07) is 1.76. The van der Waals surface area contributed by atoms with Gasteiger partial charge in [0.1, 0.15) is 11.2 Å². The van der Waals surface area contributed by atoms with Crippen molar-refractivity contribution in [3.05, 3.63) is 29.6 Å². The van der Waals surface area contributed by atoms with Gasteiger partial charge in [0.2, 0.25) is 5.91 Å². The van der Waals surface area contributed by atoms with E-state index in [2.05, 4.69) is 4.98 Å². The third kappa shape index (κ3) is 3.14. The molecule has 23 heavy (non-hydrogen) atoms. The number of hydrogen-bond acceptors (Lipinski definition) is 4. The van der Waals surface area contributed by atoms with E-state index < -0.39 is 29.2 Å². The van der Waals surface area contributed by atoms with Crippen LogP contribution in [0.3, 0.4) is 0 Å². The molecule has 1 saturated heterocycles. The number of nitrogens with zero attached hydrogens (tertiary/aromatic N) is 2. The van der Waals surface area contributed by atoms with Gasteiger partial charge in [-0.25, -0.2) is 0 Å². The average Bonchev–Trinajstić information content (AvgIpc) is 2.91. The van der Waals surface area contributed by atoms with Gasteiger partial charge in [0.15, 0.2) is 0 Å². The monoisotopic (exact) mass is 331 g/mol. The van der Waals surface area contributed by atoms with Crippen LogP contribution in [0.25, 0.3) is 0 Å². The number of hydrogen-bond donors (Lipinski definition) is 1. The van der Waals surface area contributed by atoms with Crippen molar-refractivity contribution in [3.63, 3.8) is 0 Å². The molecule has 1 unspecified atom stereocenters. The summed E-state index contributed by atoms with van der Waals surface area (Å²) >= 11 is 0. The van der Waals surface area contributed by atoms with Crippen molar-refractivity contribution >= 4 is 11.8 Å². The first-order chi connectivity index (χ1) is 10.7. The number of halogens is 3. The quantitative estimate of drug-likeness (QED) is 0.898. The number of amides is 2. The summed E-state index contributed by atoms with van der Waals surface area (Å²) in [6.45, 7) is 0.203. The number of aromatic nitrogens is 1. The maximum atomic E-state index is 12.5. The lowest BCUT2D eigenvalue weighted by atomic mass is 9.95. The molecule has 1 fully saturated rings. The second-order valence-corrected chi connectivity index (χ2v) is 5.32. The van der Waals surface area contributed by atoms with E-state index in [0.29, 0.717) is 12.8 Å². The number of carbonyl (C=O) groups excluding carboxylic acids is 2. The van der Waals surface area contributed by atoms with Gasteiger partial charge in [-0.05, 0) is 25.0 Å². The van der Waals surface area contributed by atoms with Crippen molar-refractivity contribution in [1.82, 2.24) is 9.88 Å². The molecule has 0 bridgehead atoms. The van der Waals surface area contributed by atoms with E-state index in [4.69, 9.17) is 10.5 Å². The van der Waals surface area contributed by atoms with Gasteiger partial charge in [0.05, 0.1) is 12.2 Å². The number of primary amides is 1. The first-order valence-corrected chi connectivity index (χ1v) is 6.86. The Kier molecular flexibility index (Phi) is 4.60. The topological polar surface area (TPSA) is 85.5 Å². The molecule has 126 valence electrons. The molecule has 1 aromatic rings. The fraction of sp³-hybridized carbons (Fsp3) is 0.500. The van der Waals surface area contributed by atoms with E-state index in [9.17, 15) is 22.8 Å². The minimum absolute atomic E-state index is 0.0402. The third-order valence-electron chi connectivity index (χ3n) is 3.88. The number of likely N-dealkylation sites (tertiary alicyclic amines) is 1. The summed E-state index contributed by atoms with van der Waals surface area (Å²) in [5, 5.41) is 0. The van der Waals surface area contributed by atoms with Crippen molar-refractivity contribution < 1.29 is 27.5 Å². The number of ether oxygens (including phenoxy) is 1. The smallest absolute Gasteiger partial charge is 0.382 e. The largest absolute Gasteiger partial charge is 0.433 e. The average molecular weight is 331 g/mol. The second kappa shape index (κ2) is 6.15. The molecule has 0 spiro atoms. The number of nitrogens with two attached hydrogens (primary N) is 1. The summed E-state index contributed by atoms with van der Waals surface area (Å²) in [5.41, 5.74) is 3.02. The van der Waals surface area contributed by atoms with E-state index in [1.807, 2.05) is 0 Å². The molecule has 0 aliphatic carbocycles. The molecule has 9 heteroatoms. The van der Waals surface area contributed by atoms with Gasteiger partial charge < -0.3 is 15.4 Å². The van der Waals surface area contributed by atoms with Gasteiger partial charge >= 0.3 is 6.18 Å². The highest BCUT2D eigenvalue weighted by atomic mass is 19.4. The Morgan fingerprint density at radius 1 is 1.43 bits per heavy atom. The van der Waals surface area contributed by atoms with E-state index in [-0.39, 0.29) is 18.7 Å². The van der Waals surface area contributed by atoms with E-state index in [1.165, 1.54) is 12.0 Å². The van der Waals surface area contributed by atoms with Gasteiger partial charge in [0.25, 0.3) is 5.91 Å². The minimum atomic E-state index is -4.58. The van der Waals surface area contributed by atoms with Crippen LogP contribution in [0.5, 0.6) is 0 Å². The summed E-state index contributed by atoms with van der Waals surface area (Å²) in [6.07, 6.45) is -2.84. The van der Waals surface area contributed by atoms with Crippen molar-refractivity contribution in [2.24, 2.45) is 5.73 Å². The number of methoxy groups -OCH3 is 1. The molecule has 6 nitrogen and oxygen atoms in total. The van der Waals surface area contributed by atoms with Crippen LogP contribution in [0.2, 0.25) is 0 Å². The SMILES string of the molecule is COCC1(C(N)=O)CCCN1C(=O)c1ccc(C(F)(F)F)nc1. The highest BCUT2D eigenvalue weighted by Crippen LogP contribution is 2.32. The molecule has 1 aromatic heterocycles. The standard InChI is InChI=1S/C14H16F3N3O3/c1-23-8-13(12(18)22)5-2-6-20(13)11(21)9-3-4-10(19-7-9)14(15,16)17/h3-4,7H,2,5-6,8H2,1H3,(H2,18,22). The molecule has 2 amide bonds. The number of rotatable bonds is 4. The fourth-order valence-electron chi connectivity index (χ4n) is 2.73. The van der Waals surface area contributed by atoms with Crippen molar-refractivity contribution in [2.45, 2.75) is 24.6 Å². The Morgan fingerprint density at radius 3 is 2.61 bits per heavy atom. The van der Waals surface area contributed by atoms with Gasteiger partial charge in [0, 0.05) is 19.9 Å². The van der Waals surface area contributed by atoms with Crippen LogP contribution in [0.4, 0.5) is 13.2 Å². The third-order valence-corrected chi connectivity index (χ3v) is 3.88. The summed E-state index contributed by atoms with van der Waals surface area (Å²) in [4.78, 5) is 28.9. The Morgan fingerprint density at radius 2 is 2.13 bits per heavy atom. The molecular formula is C14H16F3N3O3.